The van der Waals surface area contributed by atoms with Crippen LogP contribution < -0.4 is 5.32 Å². The minimum atomic E-state index is -0.296. The summed E-state index contributed by atoms with van der Waals surface area (Å²) in [4.78, 5) is 8.18. The molecule has 0 amide bonds. The Hall–Kier alpha value is -1.20. The lowest BCUT2D eigenvalue weighted by atomic mass is 10.2. The predicted molar refractivity (Wildman–Crippen MR) is 73.9 cm³/mol. The van der Waals surface area contributed by atoms with Crippen LogP contribution in [-0.4, -0.2) is 9.97 Å². The highest BCUT2D eigenvalue weighted by Gasteiger charge is 2.07. The fraction of sp³-hybridized carbons (Fsp3) is 0.167. The van der Waals surface area contributed by atoms with Crippen LogP contribution in [0.5, 0.6) is 0 Å². The van der Waals surface area contributed by atoms with Gasteiger partial charge in [0.05, 0.1) is 4.47 Å². The summed E-state index contributed by atoms with van der Waals surface area (Å²) < 4.78 is 13.7. The lowest BCUT2D eigenvalue weighted by Gasteiger charge is -2.10. The zero-order valence-corrected chi connectivity index (χ0v) is 12.1. The molecular formula is C12H10BrClFN3. The number of aromatic nitrogens is 2. The number of nitrogens with zero attached hydrogens (tertiary/aromatic N) is 2. The summed E-state index contributed by atoms with van der Waals surface area (Å²) in [5.74, 6) is 0.855. The molecule has 0 radical (unpaired) electrons. The van der Waals surface area contributed by atoms with Gasteiger partial charge in [0.25, 0.3) is 0 Å². The highest BCUT2D eigenvalue weighted by molar-refractivity contribution is 9.10. The zero-order chi connectivity index (χ0) is 13.3. The van der Waals surface area contributed by atoms with Gasteiger partial charge >= 0.3 is 0 Å². The van der Waals surface area contributed by atoms with Gasteiger partial charge in [0.15, 0.2) is 0 Å². The number of halogens is 3. The Morgan fingerprint density at radius 2 is 1.94 bits per heavy atom. The number of anilines is 2. The van der Waals surface area contributed by atoms with Gasteiger partial charge in [-0.25, -0.2) is 14.4 Å². The van der Waals surface area contributed by atoms with Gasteiger partial charge in [-0.2, -0.15) is 0 Å². The monoisotopic (exact) mass is 329 g/mol. The molecule has 2 aromatic rings. The molecule has 2 rings (SSSR count). The summed E-state index contributed by atoms with van der Waals surface area (Å²) in [5, 5.41) is 3.45. The van der Waals surface area contributed by atoms with E-state index in [2.05, 4.69) is 31.2 Å². The Morgan fingerprint density at radius 1 is 1.22 bits per heavy atom. The maximum Gasteiger partial charge on any atom is 0.137 e. The summed E-state index contributed by atoms with van der Waals surface area (Å²) in [6, 6.07) is 4.73. The van der Waals surface area contributed by atoms with E-state index in [0.717, 1.165) is 11.3 Å². The highest BCUT2D eigenvalue weighted by Crippen LogP contribution is 2.26. The van der Waals surface area contributed by atoms with Crippen molar-refractivity contribution >= 4 is 39.0 Å². The van der Waals surface area contributed by atoms with Crippen LogP contribution in [-0.2, 0) is 0 Å². The van der Waals surface area contributed by atoms with Crippen LogP contribution in [0.25, 0.3) is 0 Å². The Kier molecular flexibility index (Phi) is 3.82. The molecule has 1 heterocycles. The second-order valence-corrected chi connectivity index (χ2v) is 5.07. The van der Waals surface area contributed by atoms with E-state index in [1.807, 2.05) is 6.92 Å². The third-order valence-electron chi connectivity index (χ3n) is 2.34. The molecule has 0 bridgehead atoms. The lowest BCUT2D eigenvalue weighted by Crippen LogP contribution is -1.99. The molecule has 3 nitrogen and oxygen atoms in total. The van der Waals surface area contributed by atoms with Crippen LogP contribution in [0.15, 0.2) is 22.7 Å². The summed E-state index contributed by atoms with van der Waals surface area (Å²) >= 11 is 9.00. The smallest absolute Gasteiger partial charge is 0.137 e. The van der Waals surface area contributed by atoms with Crippen LogP contribution in [0.4, 0.5) is 15.9 Å². The van der Waals surface area contributed by atoms with Crippen molar-refractivity contribution in [1.29, 1.82) is 0 Å². The van der Waals surface area contributed by atoms with Gasteiger partial charge in [0.2, 0.25) is 0 Å². The largest absolute Gasteiger partial charge is 0.340 e. The zero-order valence-electron chi connectivity index (χ0n) is 9.76. The number of nitrogens with one attached hydrogen (secondary N) is 1. The van der Waals surface area contributed by atoms with Gasteiger partial charge < -0.3 is 5.32 Å². The molecule has 6 heteroatoms. The molecule has 0 aliphatic heterocycles. The van der Waals surface area contributed by atoms with Crippen molar-refractivity contribution in [2.75, 3.05) is 5.32 Å². The first-order chi connectivity index (χ1) is 8.45. The lowest BCUT2D eigenvalue weighted by molar-refractivity contribution is 0.620. The summed E-state index contributed by atoms with van der Waals surface area (Å²) in [6.45, 7) is 3.57. The number of benzene rings is 1. The van der Waals surface area contributed by atoms with Crippen molar-refractivity contribution < 1.29 is 4.39 Å². The third kappa shape index (κ3) is 2.97. The molecule has 0 fully saturated rings. The van der Waals surface area contributed by atoms with E-state index in [0.29, 0.717) is 21.3 Å². The fourth-order valence-corrected chi connectivity index (χ4v) is 2.08. The molecule has 1 N–H and O–H groups in total. The van der Waals surface area contributed by atoms with Crippen LogP contribution in [0.3, 0.4) is 0 Å². The van der Waals surface area contributed by atoms with E-state index >= 15 is 0 Å². The maximum absolute atomic E-state index is 13.3. The molecule has 18 heavy (non-hydrogen) atoms. The molecule has 0 saturated heterocycles. The van der Waals surface area contributed by atoms with Crippen LogP contribution in [0, 0.1) is 19.7 Å². The summed E-state index contributed by atoms with van der Waals surface area (Å²) in [6.07, 6.45) is 0. The highest BCUT2D eigenvalue weighted by atomic mass is 79.9. The summed E-state index contributed by atoms with van der Waals surface area (Å²) in [7, 11) is 0. The normalized spacial score (nSPS) is 10.5. The molecule has 0 spiro atoms. The first-order valence-corrected chi connectivity index (χ1v) is 6.36. The average molecular weight is 331 g/mol. The van der Waals surface area contributed by atoms with Crippen molar-refractivity contribution in [3.63, 3.8) is 0 Å². The molecule has 1 aromatic carbocycles. The van der Waals surface area contributed by atoms with Gasteiger partial charge in [-0.1, -0.05) is 11.6 Å². The Morgan fingerprint density at radius 3 is 2.61 bits per heavy atom. The van der Waals surface area contributed by atoms with Gasteiger partial charge in [-0.3, -0.25) is 0 Å². The van der Waals surface area contributed by atoms with E-state index in [1.165, 1.54) is 6.07 Å². The first-order valence-electron chi connectivity index (χ1n) is 5.19. The number of aryl methyl sites for hydroxylation is 2. The Balaban J connectivity index is 2.36. The number of hydrogen-bond donors (Lipinski definition) is 1. The molecular weight excluding hydrogens is 321 g/mol. The number of hydrogen-bond acceptors (Lipinski definition) is 3. The molecule has 0 aliphatic carbocycles. The van der Waals surface area contributed by atoms with Gasteiger partial charge in [-0.15, -0.1) is 0 Å². The van der Waals surface area contributed by atoms with Crippen LogP contribution >= 0.6 is 27.5 Å². The van der Waals surface area contributed by atoms with Crippen LogP contribution in [0.2, 0.25) is 5.15 Å². The molecule has 1 aromatic heterocycles. The second-order valence-electron chi connectivity index (χ2n) is 3.83. The van der Waals surface area contributed by atoms with Crippen molar-refractivity contribution in [2.45, 2.75) is 13.8 Å². The van der Waals surface area contributed by atoms with Crippen molar-refractivity contribution in [1.82, 2.24) is 9.97 Å². The second kappa shape index (κ2) is 5.20. The van der Waals surface area contributed by atoms with Gasteiger partial charge in [0, 0.05) is 11.8 Å². The standard InChI is InChI=1S/C12H10BrClFN3/c1-6-3-9(15)8(13)4-10(6)18-12-5-11(14)16-7(2)17-12/h3-5H,1-2H3,(H,16,17,18). The Labute approximate surface area is 118 Å². The van der Waals surface area contributed by atoms with E-state index in [9.17, 15) is 4.39 Å². The average Bonchev–Trinajstić information content (AvgIpc) is 2.24. The summed E-state index contributed by atoms with van der Waals surface area (Å²) in [5.41, 5.74) is 1.54. The van der Waals surface area contributed by atoms with Crippen molar-refractivity contribution in [2.24, 2.45) is 0 Å². The quantitative estimate of drug-likeness (QED) is 0.830. The van der Waals surface area contributed by atoms with E-state index < -0.39 is 0 Å². The molecule has 0 saturated carbocycles. The number of rotatable bonds is 2. The third-order valence-corrected chi connectivity index (χ3v) is 3.14. The maximum atomic E-state index is 13.3. The van der Waals surface area contributed by atoms with E-state index in [1.54, 1.807) is 19.1 Å². The fourth-order valence-electron chi connectivity index (χ4n) is 1.51. The minimum absolute atomic E-state index is 0.296. The SMILES string of the molecule is Cc1nc(Cl)cc(Nc2cc(Br)c(F)cc2C)n1. The van der Waals surface area contributed by atoms with Gasteiger partial charge in [0.1, 0.15) is 22.6 Å². The molecule has 0 atom stereocenters. The van der Waals surface area contributed by atoms with Crippen molar-refractivity contribution in [3.05, 3.63) is 45.0 Å². The van der Waals surface area contributed by atoms with E-state index in [-0.39, 0.29) is 5.82 Å². The first kappa shape index (κ1) is 13.2. The van der Waals surface area contributed by atoms with Gasteiger partial charge in [-0.05, 0) is 47.5 Å². The molecule has 0 aliphatic rings. The molecule has 0 unspecified atom stereocenters. The molecule has 94 valence electrons. The van der Waals surface area contributed by atoms with Crippen LogP contribution in [0.1, 0.15) is 11.4 Å². The Bertz CT molecular complexity index is 584. The van der Waals surface area contributed by atoms with E-state index in [4.69, 9.17) is 11.6 Å². The predicted octanol–water partition coefficient (Wildman–Crippen LogP) is 4.39. The minimum Gasteiger partial charge on any atom is -0.340 e. The van der Waals surface area contributed by atoms with Crippen molar-refractivity contribution in [3.8, 4) is 0 Å². The topological polar surface area (TPSA) is 37.8 Å².